The molecule has 2 N–H and O–H groups in total. The highest BCUT2D eigenvalue weighted by Gasteiger charge is 2.01. The third-order valence-corrected chi connectivity index (χ3v) is 2.67. The summed E-state index contributed by atoms with van der Waals surface area (Å²) >= 11 is 0. The highest BCUT2D eigenvalue weighted by atomic mass is 16.4. The molecule has 1 aromatic heterocycles. The quantitative estimate of drug-likeness (QED) is 0.674. The van der Waals surface area contributed by atoms with Crippen LogP contribution in [0.3, 0.4) is 0 Å². The minimum absolute atomic E-state index is 0.279. The minimum Gasteiger partial charge on any atom is -0.481 e. The van der Waals surface area contributed by atoms with Crippen LogP contribution < -0.4 is 5.32 Å². The van der Waals surface area contributed by atoms with Gasteiger partial charge in [-0.2, -0.15) is 5.10 Å². The van der Waals surface area contributed by atoms with Gasteiger partial charge in [0.15, 0.2) is 0 Å². The van der Waals surface area contributed by atoms with Crippen LogP contribution in [0.25, 0.3) is 0 Å². The average molecular weight is 239 g/mol. The molecular formula is C12H21N3O2. The lowest BCUT2D eigenvalue weighted by Gasteiger charge is -2.03. The Morgan fingerprint density at radius 2 is 2.24 bits per heavy atom. The molecule has 0 saturated carbocycles. The van der Waals surface area contributed by atoms with Crippen LogP contribution in [0.2, 0.25) is 0 Å². The molecule has 1 rings (SSSR count). The average Bonchev–Trinajstić information content (AvgIpc) is 2.55. The first-order valence-corrected chi connectivity index (χ1v) is 6.01. The first-order chi connectivity index (χ1) is 8.09. The maximum Gasteiger partial charge on any atom is 0.303 e. The first kappa shape index (κ1) is 13.7. The van der Waals surface area contributed by atoms with Crippen molar-refractivity contribution < 1.29 is 9.90 Å². The summed E-state index contributed by atoms with van der Waals surface area (Å²) in [5.41, 5.74) is 2.28. The van der Waals surface area contributed by atoms with Crippen molar-refractivity contribution in [2.45, 2.75) is 39.2 Å². The smallest absolute Gasteiger partial charge is 0.303 e. The van der Waals surface area contributed by atoms with Crippen LogP contribution in [0.15, 0.2) is 6.20 Å². The molecule has 1 aromatic rings. The zero-order valence-electron chi connectivity index (χ0n) is 10.6. The normalized spacial score (nSPS) is 10.7. The number of carboxylic acid groups (broad SMARTS) is 1. The second kappa shape index (κ2) is 7.06. The zero-order chi connectivity index (χ0) is 12.7. The second-order valence-electron chi connectivity index (χ2n) is 4.29. The summed E-state index contributed by atoms with van der Waals surface area (Å²) in [6, 6.07) is 0. The number of nitrogens with one attached hydrogen (secondary N) is 1. The van der Waals surface area contributed by atoms with Crippen LogP contribution in [0.1, 0.15) is 36.9 Å². The summed E-state index contributed by atoms with van der Waals surface area (Å²) < 4.78 is 1.82. The van der Waals surface area contributed by atoms with Gasteiger partial charge in [0.25, 0.3) is 0 Å². The molecule has 0 aliphatic carbocycles. The predicted molar refractivity (Wildman–Crippen MR) is 65.8 cm³/mol. The third kappa shape index (κ3) is 5.49. The Bertz CT molecular complexity index is 361. The van der Waals surface area contributed by atoms with Gasteiger partial charge in [-0.3, -0.25) is 9.48 Å². The molecule has 17 heavy (non-hydrogen) atoms. The van der Waals surface area contributed by atoms with E-state index in [0.29, 0.717) is 0 Å². The fourth-order valence-electron chi connectivity index (χ4n) is 1.75. The Hall–Kier alpha value is -1.36. The molecule has 5 heteroatoms. The molecule has 1 heterocycles. The largest absolute Gasteiger partial charge is 0.481 e. The SMILES string of the molecule is Cc1nn(C)cc1CNCCCCCC(=O)O. The number of hydrogen-bond acceptors (Lipinski definition) is 3. The molecule has 0 bridgehead atoms. The highest BCUT2D eigenvalue weighted by Crippen LogP contribution is 2.04. The van der Waals surface area contributed by atoms with E-state index in [0.717, 1.165) is 38.0 Å². The minimum atomic E-state index is -0.705. The number of unbranched alkanes of at least 4 members (excludes halogenated alkanes) is 2. The van der Waals surface area contributed by atoms with Crippen molar-refractivity contribution in [1.29, 1.82) is 0 Å². The van der Waals surface area contributed by atoms with E-state index >= 15 is 0 Å². The number of carboxylic acids is 1. The Labute approximate surface area is 102 Å². The second-order valence-corrected chi connectivity index (χ2v) is 4.29. The van der Waals surface area contributed by atoms with Gasteiger partial charge in [-0.1, -0.05) is 6.42 Å². The molecule has 0 aromatic carbocycles. The zero-order valence-corrected chi connectivity index (χ0v) is 10.6. The summed E-state index contributed by atoms with van der Waals surface area (Å²) in [6.07, 6.45) is 5.05. The van der Waals surface area contributed by atoms with Crippen LogP contribution in [-0.4, -0.2) is 27.4 Å². The van der Waals surface area contributed by atoms with E-state index in [9.17, 15) is 4.79 Å². The van der Waals surface area contributed by atoms with Crippen LogP contribution in [0.4, 0.5) is 0 Å². The lowest BCUT2D eigenvalue weighted by Crippen LogP contribution is -2.15. The fourth-order valence-corrected chi connectivity index (χ4v) is 1.75. The van der Waals surface area contributed by atoms with Gasteiger partial charge in [-0.15, -0.1) is 0 Å². The number of hydrogen-bond donors (Lipinski definition) is 2. The maximum absolute atomic E-state index is 10.3. The Balaban J connectivity index is 2.04. The highest BCUT2D eigenvalue weighted by molar-refractivity contribution is 5.66. The third-order valence-electron chi connectivity index (χ3n) is 2.67. The monoisotopic (exact) mass is 239 g/mol. The van der Waals surface area contributed by atoms with Gasteiger partial charge < -0.3 is 10.4 Å². The van der Waals surface area contributed by atoms with E-state index in [1.165, 1.54) is 5.56 Å². The van der Waals surface area contributed by atoms with Gasteiger partial charge >= 0.3 is 5.97 Å². The lowest BCUT2D eigenvalue weighted by molar-refractivity contribution is -0.137. The fraction of sp³-hybridized carbons (Fsp3) is 0.667. The van der Waals surface area contributed by atoms with Gasteiger partial charge in [0.05, 0.1) is 5.69 Å². The molecule has 0 unspecified atom stereocenters. The molecule has 0 aliphatic heterocycles. The number of aliphatic carboxylic acids is 1. The number of aromatic nitrogens is 2. The van der Waals surface area contributed by atoms with E-state index in [-0.39, 0.29) is 6.42 Å². The van der Waals surface area contributed by atoms with E-state index < -0.39 is 5.97 Å². The molecule has 0 atom stereocenters. The van der Waals surface area contributed by atoms with Crippen LogP contribution in [0.5, 0.6) is 0 Å². The Kier molecular flexibility index (Phi) is 5.69. The van der Waals surface area contributed by atoms with E-state index in [1.807, 2.05) is 24.9 Å². The van der Waals surface area contributed by atoms with Crippen molar-refractivity contribution in [2.24, 2.45) is 7.05 Å². The van der Waals surface area contributed by atoms with Crippen LogP contribution >= 0.6 is 0 Å². The van der Waals surface area contributed by atoms with Crippen molar-refractivity contribution in [2.75, 3.05) is 6.54 Å². The lowest BCUT2D eigenvalue weighted by atomic mass is 10.2. The van der Waals surface area contributed by atoms with Crippen LogP contribution in [-0.2, 0) is 18.4 Å². The maximum atomic E-state index is 10.3. The number of nitrogens with zero attached hydrogens (tertiary/aromatic N) is 2. The van der Waals surface area contributed by atoms with Crippen LogP contribution in [0, 0.1) is 6.92 Å². The molecule has 0 fully saturated rings. The molecule has 0 saturated heterocycles. The summed E-state index contributed by atoms with van der Waals surface area (Å²) in [5.74, 6) is -0.705. The van der Waals surface area contributed by atoms with Crippen molar-refractivity contribution in [3.05, 3.63) is 17.5 Å². The van der Waals surface area contributed by atoms with E-state index in [1.54, 1.807) is 0 Å². The van der Waals surface area contributed by atoms with E-state index in [2.05, 4.69) is 10.4 Å². The molecule has 0 spiro atoms. The standard InChI is InChI=1S/C12H21N3O2/c1-10-11(9-15(2)14-10)8-13-7-5-3-4-6-12(16)17/h9,13H,3-8H2,1-2H3,(H,16,17). The summed E-state index contributed by atoms with van der Waals surface area (Å²) in [5, 5.41) is 16.1. The molecule has 0 aliphatic rings. The van der Waals surface area contributed by atoms with Crippen molar-refractivity contribution in [1.82, 2.24) is 15.1 Å². The van der Waals surface area contributed by atoms with Gasteiger partial charge in [-0.05, 0) is 26.3 Å². The summed E-state index contributed by atoms with van der Waals surface area (Å²) in [4.78, 5) is 10.3. The number of carbonyl (C=O) groups is 1. The molecular weight excluding hydrogens is 218 g/mol. The van der Waals surface area contributed by atoms with Crippen molar-refractivity contribution >= 4 is 5.97 Å². The van der Waals surface area contributed by atoms with Gasteiger partial charge in [0, 0.05) is 31.8 Å². The summed E-state index contributed by atoms with van der Waals surface area (Å²) in [6.45, 7) is 3.76. The topological polar surface area (TPSA) is 67.2 Å². The van der Waals surface area contributed by atoms with Gasteiger partial charge in [0.2, 0.25) is 0 Å². The predicted octanol–water partition coefficient (Wildman–Crippen LogP) is 1.46. The first-order valence-electron chi connectivity index (χ1n) is 6.01. The molecule has 96 valence electrons. The van der Waals surface area contributed by atoms with Crippen molar-refractivity contribution in [3.8, 4) is 0 Å². The molecule has 5 nitrogen and oxygen atoms in total. The Morgan fingerprint density at radius 1 is 1.47 bits per heavy atom. The number of aryl methyl sites for hydroxylation is 2. The molecule has 0 radical (unpaired) electrons. The Morgan fingerprint density at radius 3 is 2.82 bits per heavy atom. The van der Waals surface area contributed by atoms with E-state index in [4.69, 9.17) is 5.11 Å². The molecule has 0 amide bonds. The summed E-state index contributed by atoms with van der Waals surface area (Å²) in [7, 11) is 1.92. The van der Waals surface area contributed by atoms with Crippen molar-refractivity contribution in [3.63, 3.8) is 0 Å². The number of rotatable bonds is 8. The van der Waals surface area contributed by atoms with Gasteiger partial charge in [-0.25, -0.2) is 0 Å². The van der Waals surface area contributed by atoms with Gasteiger partial charge in [0.1, 0.15) is 0 Å².